The van der Waals surface area contributed by atoms with Crippen molar-refractivity contribution < 1.29 is 122 Å². The minimum atomic E-state index is -5.80. The molecule has 26 heteroatoms. The minimum Gasteiger partial charge on any atom is -0.463 e. The number of carbonyl (C=O) groups excluding carboxylic acids is 4. The predicted octanol–water partition coefficient (Wildman–Crippen LogP) is 17.2. The number of carbonyl (C=O) groups is 4. The number of hydrogen-bond donors (Lipinski definition) is 10. The average Bonchev–Trinajstić information content (AvgIpc) is 0.754. The molecule has 2 aliphatic heterocycles. The summed E-state index contributed by atoms with van der Waals surface area (Å²) in [7, 11) is -5.80. The third-order valence-electron chi connectivity index (χ3n) is 23.5. The normalized spacial score (nSPS) is 25.4. The Morgan fingerprint density at radius 1 is 0.336 bits per heavy atom. The topological polar surface area (TPSA) is 380 Å². The fourth-order valence-corrected chi connectivity index (χ4v) is 16.9. The average molecular weight is 1680 g/mol. The molecule has 684 valence electrons. The maximum atomic E-state index is 14.9. The third-order valence-corrected chi connectivity index (χ3v) is 24.5. The van der Waals surface area contributed by atoms with E-state index >= 15 is 0 Å². The van der Waals surface area contributed by atoms with Crippen molar-refractivity contribution in [2.45, 2.75) is 518 Å². The van der Waals surface area contributed by atoms with Gasteiger partial charge in [0.2, 0.25) is 0 Å². The number of esters is 4. The van der Waals surface area contributed by atoms with Crippen LogP contribution in [-0.2, 0) is 70.7 Å². The Morgan fingerprint density at radius 2 is 0.647 bits per heavy atom. The predicted molar refractivity (Wildman–Crippen MR) is 449 cm³/mol. The number of aliphatic hydroxyl groups is 9. The second kappa shape index (κ2) is 68.9. The van der Waals surface area contributed by atoms with E-state index in [4.69, 9.17) is 46.9 Å². The lowest BCUT2D eigenvalue weighted by atomic mass is 9.84. The summed E-state index contributed by atoms with van der Waals surface area (Å²) in [6, 6.07) is 0. The molecular formula is C90H169O25P. The van der Waals surface area contributed by atoms with Crippen molar-refractivity contribution in [1.82, 2.24) is 0 Å². The molecule has 19 atom stereocenters. The van der Waals surface area contributed by atoms with Crippen LogP contribution in [0.4, 0.5) is 0 Å². The summed E-state index contributed by atoms with van der Waals surface area (Å²) in [6.07, 6.45) is 23.9. The van der Waals surface area contributed by atoms with Crippen molar-refractivity contribution >= 4 is 31.7 Å². The SMILES string of the molecule is CCCCCCCCCCCCCCCCCC(=O)OCC(COP(=O)(O)OC1C(OC2OC(CO)C(O)C(O)C2O)C(O)C(O)C(OC(=O)CCCCCCCCCCCCCCC)C1OC1OC(COC(=O)CCCCCCCCCCCCCCC)C(O)C(O)C1O)OC(=O)CCCCCCCCC(C)CCCCCCCC. The fraction of sp³-hybridized carbons (Fsp3) is 0.956. The zero-order valence-electron chi connectivity index (χ0n) is 73.0. The highest BCUT2D eigenvalue weighted by Crippen LogP contribution is 2.49. The van der Waals surface area contributed by atoms with Gasteiger partial charge < -0.3 is 88.7 Å². The van der Waals surface area contributed by atoms with Crippen LogP contribution in [0.5, 0.6) is 0 Å². The van der Waals surface area contributed by atoms with E-state index in [-0.39, 0.29) is 25.7 Å². The Bertz CT molecular complexity index is 2430. The fourth-order valence-electron chi connectivity index (χ4n) is 15.9. The quantitative estimate of drug-likeness (QED) is 0.0117. The van der Waals surface area contributed by atoms with Crippen LogP contribution in [0.1, 0.15) is 413 Å². The number of aliphatic hydroxyl groups excluding tert-OH is 9. The van der Waals surface area contributed by atoms with Gasteiger partial charge in [0, 0.05) is 25.7 Å². The Balaban J connectivity index is 1.92. The number of ether oxygens (including phenoxy) is 8. The summed E-state index contributed by atoms with van der Waals surface area (Å²) in [5, 5.41) is 102. The first-order valence-electron chi connectivity index (χ1n) is 47.2. The minimum absolute atomic E-state index is 0.0193. The van der Waals surface area contributed by atoms with E-state index in [2.05, 4.69) is 34.6 Å². The van der Waals surface area contributed by atoms with Crippen molar-refractivity contribution in [2.24, 2.45) is 5.92 Å². The van der Waals surface area contributed by atoms with Crippen molar-refractivity contribution in [3.05, 3.63) is 0 Å². The zero-order valence-corrected chi connectivity index (χ0v) is 73.9. The van der Waals surface area contributed by atoms with Gasteiger partial charge >= 0.3 is 31.7 Å². The van der Waals surface area contributed by atoms with Gasteiger partial charge in [0.05, 0.1) is 13.2 Å². The molecule has 3 fully saturated rings. The van der Waals surface area contributed by atoms with Gasteiger partial charge in [-0.25, -0.2) is 4.57 Å². The van der Waals surface area contributed by atoms with Crippen LogP contribution in [0.3, 0.4) is 0 Å². The molecule has 0 bridgehead atoms. The second-order valence-corrected chi connectivity index (χ2v) is 35.6. The first kappa shape index (κ1) is 108. The van der Waals surface area contributed by atoms with Gasteiger partial charge in [0.15, 0.2) is 24.8 Å². The number of unbranched alkanes of at least 4 members (excludes halogenated alkanes) is 48. The molecule has 0 radical (unpaired) electrons. The van der Waals surface area contributed by atoms with Crippen molar-refractivity contribution in [3.8, 4) is 0 Å². The first-order chi connectivity index (χ1) is 56.1. The van der Waals surface area contributed by atoms with Crippen LogP contribution in [-0.4, -0.2) is 205 Å². The van der Waals surface area contributed by atoms with E-state index in [1.54, 1.807) is 0 Å². The van der Waals surface area contributed by atoms with Crippen LogP contribution >= 0.6 is 7.82 Å². The first-order valence-corrected chi connectivity index (χ1v) is 48.7. The van der Waals surface area contributed by atoms with Crippen molar-refractivity contribution in [1.29, 1.82) is 0 Å². The van der Waals surface area contributed by atoms with Crippen LogP contribution < -0.4 is 0 Å². The lowest BCUT2D eigenvalue weighted by Gasteiger charge is -2.50. The van der Waals surface area contributed by atoms with Gasteiger partial charge in [-0.3, -0.25) is 28.2 Å². The van der Waals surface area contributed by atoms with E-state index in [1.807, 2.05) is 0 Å². The summed E-state index contributed by atoms with van der Waals surface area (Å²) in [5.74, 6) is -2.27. The maximum Gasteiger partial charge on any atom is 0.472 e. The number of rotatable bonds is 76. The molecule has 1 aliphatic carbocycles. The van der Waals surface area contributed by atoms with Crippen LogP contribution in [0.2, 0.25) is 0 Å². The Labute approximate surface area is 699 Å². The molecule has 0 aromatic rings. The summed E-state index contributed by atoms with van der Waals surface area (Å²) in [5.41, 5.74) is 0. The summed E-state index contributed by atoms with van der Waals surface area (Å²) in [4.78, 5) is 66.5. The van der Waals surface area contributed by atoms with E-state index in [1.165, 1.54) is 193 Å². The molecule has 25 nitrogen and oxygen atoms in total. The van der Waals surface area contributed by atoms with E-state index in [0.29, 0.717) is 38.0 Å². The molecule has 0 aromatic heterocycles. The second-order valence-electron chi connectivity index (χ2n) is 34.2. The maximum absolute atomic E-state index is 14.9. The Kier molecular flexibility index (Phi) is 63.9. The van der Waals surface area contributed by atoms with Gasteiger partial charge in [-0.1, -0.05) is 362 Å². The van der Waals surface area contributed by atoms with Crippen LogP contribution in [0, 0.1) is 5.92 Å². The highest BCUT2D eigenvalue weighted by molar-refractivity contribution is 7.47. The van der Waals surface area contributed by atoms with Crippen LogP contribution in [0.25, 0.3) is 0 Å². The van der Waals surface area contributed by atoms with E-state index < -0.39 is 162 Å². The standard InChI is InChI=1S/C90H169O25P/c1-6-10-14-18-22-25-28-31-32-35-37-39-42-49-55-61-73(92)106-66-70(109-75(94)63-57-52-46-45-48-54-60-69(5)59-53-47-21-17-13-9-4)67-108-116(104,105)115-88-86(113-89-83(102)79(98)77(96)71(65-91)110-89)82(101)81(100)85(112-76(95)64-58-51-44-41-38-34-30-27-24-20-16-12-8-3)87(88)114-90-84(103)80(99)78(97)72(111-90)68-107-74(93)62-56-50-43-40-36-33-29-26-23-19-15-11-7-2/h69-72,77-91,96-103H,6-68H2,1-5H3,(H,104,105). The summed E-state index contributed by atoms with van der Waals surface area (Å²) < 4.78 is 73.5. The van der Waals surface area contributed by atoms with Gasteiger partial charge in [-0.05, 0) is 31.6 Å². The molecule has 10 N–H and O–H groups in total. The zero-order chi connectivity index (χ0) is 84.8. The molecule has 0 aromatic carbocycles. The summed E-state index contributed by atoms with van der Waals surface area (Å²) >= 11 is 0. The van der Waals surface area contributed by atoms with Gasteiger partial charge in [-0.2, -0.15) is 0 Å². The number of phosphoric ester groups is 1. The highest BCUT2D eigenvalue weighted by atomic mass is 31.2. The molecule has 3 rings (SSSR count). The van der Waals surface area contributed by atoms with Gasteiger partial charge in [0.25, 0.3) is 0 Å². The lowest BCUT2D eigenvalue weighted by molar-refractivity contribution is -0.360. The Morgan fingerprint density at radius 3 is 1.03 bits per heavy atom. The molecule has 2 heterocycles. The van der Waals surface area contributed by atoms with Crippen molar-refractivity contribution in [2.75, 3.05) is 26.4 Å². The van der Waals surface area contributed by atoms with Crippen molar-refractivity contribution in [3.63, 3.8) is 0 Å². The molecule has 0 amide bonds. The third kappa shape index (κ3) is 49.1. The highest BCUT2D eigenvalue weighted by Gasteiger charge is 2.60. The monoisotopic (exact) mass is 1680 g/mol. The molecule has 116 heavy (non-hydrogen) atoms. The van der Waals surface area contributed by atoms with E-state index in [9.17, 15) is 74.6 Å². The smallest absolute Gasteiger partial charge is 0.463 e. The largest absolute Gasteiger partial charge is 0.472 e. The van der Waals surface area contributed by atoms with E-state index in [0.717, 1.165) is 128 Å². The Hall–Kier alpha value is -2.53. The summed E-state index contributed by atoms with van der Waals surface area (Å²) in [6.45, 7) is 7.94. The van der Waals surface area contributed by atoms with Gasteiger partial charge in [-0.15, -0.1) is 0 Å². The molecule has 2 saturated heterocycles. The van der Waals surface area contributed by atoms with Gasteiger partial charge in [0.1, 0.15) is 92.6 Å². The number of hydrogen-bond acceptors (Lipinski definition) is 24. The lowest BCUT2D eigenvalue weighted by Crippen LogP contribution is -2.70. The molecule has 19 unspecified atom stereocenters. The molecule has 3 aliphatic rings. The molecule has 0 spiro atoms. The molecular weight excluding hydrogens is 1510 g/mol. The number of phosphoric acid groups is 1. The molecule has 1 saturated carbocycles. The van der Waals surface area contributed by atoms with Crippen LogP contribution in [0.15, 0.2) is 0 Å².